The first kappa shape index (κ1) is 15.7. The molecule has 1 N–H and O–H groups in total. The van der Waals surface area contributed by atoms with Gasteiger partial charge >= 0.3 is 0 Å². The van der Waals surface area contributed by atoms with Gasteiger partial charge in [-0.2, -0.15) is 5.10 Å². The molecule has 5 nitrogen and oxygen atoms in total. The first-order valence-electron chi connectivity index (χ1n) is 8.89. The molecule has 24 heavy (non-hydrogen) atoms. The van der Waals surface area contributed by atoms with Gasteiger partial charge in [-0.15, -0.1) is 0 Å². The standard InChI is InChI=1S/C19H26N4O/c1-24-19-6-4-15(9-17(19)13-23-8-2-7-21-23)11-22-12-16-3-5-18(14-22)20-10-16/h2,4,6-9,16,18,20H,3,5,10-14H2,1H3/t16-,18-/m0/s1. The third-order valence-electron chi connectivity index (χ3n) is 5.26. The number of fused-ring (bicyclic) bond motifs is 4. The van der Waals surface area contributed by atoms with Crippen LogP contribution in [0.15, 0.2) is 36.7 Å². The number of nitrogens with one attached hydrogen (secondary N) is 1. The van der Waals surface area contributed by atoms with E-state index >= 15 is 0 Å². The molecule has 3 aliphatic heterocycles. The summed E-state index contributed by atoms with van der Waals surface area (Å²) in [7, 11) is 1.74. The molecule has 1 aromatic heterocycles. The Bertz CT molecular complexity index is 648. The molecule has 0 radical (unpaired) electrons. The average molecular weight is 326 g/mol. The lowest BCUT2D eigenvalue weighted by atomic mass is 9.97. The van der Waals surface area contributed by atoms with Crippen LogP contribution in [0.1, 0.15) is 24.0 Å². The van der Waals surface area contributed by atoms with Gasteiger partial charge in [-0.05, 0) is 49.1 Å². The maximum Gasteiger partial charge on any atom is 0.123 e. The van der Waals surface area contributed by atoms with E-state index in [0.717, 1.165) is 31.3 Å². The predicted molar refractivity (Wildman–Crippen MR) is 94.1 cm³/mol. The second kappa shape index (κ2) is 6.95. The van der Waals surface area contributed by atoms with Crippen molar-refractivity contribution < 1.29 is 4.74 Å². The van der Waals surface area contributed by atoms with Gasteiger partial charge in [-0.1, -0.05) is 6.07 Å². The number of methoxy groups -OCH3 is 1. The zero-order valence-electron chi connectivity index (χ0n) is 14.3. The lowest BCUT2D eigenvalue weighted by molar-refractivity contribution is 0.256. The Morgan fingerprint density at radius 1 is 1.25 bits per heavy atom. The van der Waals surface area contributed by atoms with Crippen molar-refractivity contribution in [2.45, 2.75) is 32.0 Å². The normalized spacial score (nSPS) is 24.0. The van der Waals surface area contributed by atoms with Crippen molar-refractivity contribution in [3.05, 3.63) is 47.8 Å². The van der Waals surface area contributed by atoms with Crippen molar-refractivity contribution >= 4 is 0 Å². The molecule has 1 aromatic carbocycles. The highest BCUT2D eigenvalue weighted by molar-refractivity contribution is 5.37. The molecule has 0 amide bonds. The van der Waals surface area contributed by atoms with Gasteiger partial charge < -0.3 is 10.1 Å². The summed E-state index contributed by atoms with van der Waals surface area (Å²) < 4.78 is 7.48. The summed E-state index contributed by atoms with van der Waals surface area (Å²) in [5.74, 6) is 1.75. The molecule has 3 saturated heterocycles. The first-order chi connectivity index (χ1) is 11.8. The van der Waals surface area contributed by atoms with Gasteiger partial charge in [0, 0.05) is 43.6 Å². The van der Waals surface area contributed by atoms with E-state index in [-0.39, 0.29) is 0 Å². The van der Waals surface area contributed by atoms with Crippen LogP contribution in [-0.4, -0.2) is 47.5 Å². The average Bonchev–Trinajstić information content (AvgIpc) is 2.94. The molecular formula is C19H26N4O. The van der Waals surface area contributed by atoms with Crippen molar-refractivity contribution in [3.63, 3.8) is 0 Å². The molecule has 0 unspecified atom stereocenters. The Labute approximate surface area is 143 Å². The van der Waals surface area contributed by atoms with Gasteiger partial charge in [0.15, 0.2) is 0 Å². The van der Waals surface area contributed by atoms with Crippen LogP contribution in [0.4, 0.5) is 0 Å². The molecule has 2 bridgehead atoms. The molecule has 0 saturated carbocycles. The summed E-state index contributed by atoms with van der Waals surface area (Å²) in [5.41, 5.74) is 2.55. The van der Waals surface area contributed by atoms with E-state index in [1.54, 1.807) is 7.11 Å². The lowest BCUT2D eigenvalue weighted by Crippen LogP contribution is -2.39. The van der Waals surface area contributed by atoms with Crippen LogP contribution in [0.25, 0.3) is 0 Å². The van der Waals surface area contributed by atoms with Gasteiger partial charge in [0.05, 0.1) is 13.7 Å². The zero-order chi connectivity index (χ0) is 16.4. The van der Waals surface area contributed by atoms with Crippen LogP contribution in [0, 0.1) is 5.92 Å². The molecule has 3 aliphatic rings. The number of aromatic nitrogens is 2. The smallest absolute Gasteiger partial charge is 0.123 e. The number of ether oxygens (including phenoxy) is 1. The van der Waals surface area contributed by atoms with E-state index in [0.29, 0.717) is 6.04 Å². The fourth-order valence-electron chi connectivity index (χ4n) is 4.05. The highest BCUT2D eigenvalue weighted by atomic mass is 16.5. The van der Waals surface area contributed by atoms with E-state index < -0.39 is 0 Å². The third-order valence-corrected chi connectivity index (χ3v) is 5.26. The number of hydrogen-bond donors (Lipinski definition) is 1. The van der Waals surface area contributed by atoms with Gasteiger partial charge in [-0.3, -0.25) is 9.58 Å². The minimum absolute atomic E-state index is 0.672. The van der Waals surface area contributed by atoms with Gasteiger partial charge in [0.25, 0.3) is 0 Å². The summed E-state index contributed by atoms with van der Waals surface area (Å²) in [5, 5.41) is 8.00. The van der Waals surface area contributed by atoms with E-state index in [9.17, 15) is 0 Å². The summed E-state index contributed by atoms with van der Waals surface area (Å²) in [6.07, 6.45) is 6.51. The minimum Gasteiger partial charge on any atom is -0.496 e. The number of piperidine rings is 1. The Kier molecular flexibility index (Phi) is 4.54. The van der Waals surface area contributed by atoms with Crippen LogP contribution in [0.3, 0.4) is 0 Å². The first-order valence-corrected chi connectivity index (χ1v) is 8.89. The Morgan fingerprint density at radius 2 is 2.21 bits per heavy atom. The fraction of sp³-hybridized carbons (Fsp3) is 0.526. The minimum atomic E-state index is 0.672. The fourth-order valence-corrected chi connectivity index (χ4v) is 4.05. The van der Waals surface area contributed by atoms with E-state index in [2.05, 4.69) is 33.5 Å². The lowest BCUT2D eigenvalue weighted by Gasteiger charge is -2.23. The molecule has 5 heteroatoms. The Morgan fingerprint density at radius 3 is 2.96 bits per heavy atom. The number of nitrogens with zero attached hydrogens (tertiary/aromatic N) is 3. The number of rotatable bonds is 5. The van der Waals surface area contributed by atoms with Crippen molar-refractivity contribution in [2.24, 2.45) is 5.92 Å². The molecule has 4 heterocycles. The predicted octanol–water partition coefficient (Wildman–Crippen LogP) is 2.12. The van der Waals surface area contributed by atoms with Crippen LogP contribution in [-0.2, 0) is 13.1 Å². The number of hydrogen-bond acceptors (Lipinski definition) is 4. The topological polar surface area (TPSA) is 42.3 Å². The van der Waals surface area contributed by atoms with Crippen molar-refractivity contribution in [1.29, 1.82) is 0 Å². The van der Waals surface area contributed by atoms with E-state index in [1.807, 2.05) is 23.1 Å². The third kappa shape index (κ3) is 3.47. The highest BCUT2D eigenvalue weighted by Gasteiger charge is 2.28. The monoisotopic (exact) mass is 326 g/mol. The van der Waals surface area contributed by atoms with Crippen molar-refractivity contribution in [2.75, 3.05) is 26.7 Å². The molecule has 0 spiro atoms. The van der Waals surface area contributed by atoms with Crippen LogP contribution in [0.5, 0.6) is 5.75 Å². The van der Waals surface area contributed by atoms with Crippen LogP contribution >= 0.6 is 0 Å². The van der Waals surface area contributed by atoms with Crippen molar-refractivity contribution in [3.8, 4) is 5.75 Å². The quantitative estimate of drug-likeness (QED) is 0.914. The summed E-state index contributed by atoms with van der Waals surface area (Å²) in [6.45, 7) is 5.33. The van der Waals surface area contributed by atoms with Gasteiger partial charge in [0.2, 0.25) is 0 Å². The van der Waals surface area contributed by atoms with E-state index in [4.69, 9.17) is 4.74 Å². The van der Waals surface area contributed by atoms with Gasteiger partial charge in [0.1, 0.15) is 5.75 Å². The zero-order valence-corrected chi connectivity index (χ0v) is 14.3. The maximum absolute atomic E-state index is 5.54. The molecule has 2 aromatic rings. The Hall–Kier alpha value is -1.85. The maximum atomic E-state index is 5.54. The van der Waals surface area contributed by atoms with Gasteiger partial charge in [-0.25, -0.2) is 0 Å². The van der Waals surface area contributed by atoms with Crippen LogP contribution in [0.2, 0.25) is 0 Å². The van der Waals surface area contributed by atoms with Crippen LogP contribution < -0.4 is 10.1 Å². The largest absolute Gasteiger partial charge is 0.496 e. The second-order valence-corrected chi connectivity index (χ2v) is 7.09. The molecular weight excluding hydrogens is 300 g/mol. The molecule has 5 rings (SSSR count). The highest BCUT2D eigenvalue weighted by Crippen LogP contribution is 2.25. The summed E-state index contributed by atoms with van der Waals surface area (Å²) in [4.78, 5) is 2.61. The molecule has 3 fully saturated rings. The molecule has 0 aliphatic carbocycles. The Balaban J connectivity index is 1.50. The van der Waals surface area contributed by atoms with Crippen molar-refractivity contribution in [1.82, 2.24) is 20.0 Å². The number of benzene rings is 1. The second-order valence-electron chi connectivity index (χ2n) is 7.09. The molecule has 2 atom stereocenters. The SMILES string of the molecule is COc1ccc(CN2C[C@H]3CC[C@@H](C2)NC3)cc1Cn1cccn1. The summed E-state index contributed by atoms with van der Waals surface area (Å²) in [6, 6.07) is 9.20. The molecule has 128 valence electrons. The summed E-state index contributed by atoms with van der Waals surface area (Å²) >= 11 is 0. The van der Waals surface area contributed by atoms with E-state index in [1.165, 1.54) is 37.1 Å².